The van der Waals surface area contributed by atoms with Crippen LogP contribution in [0.2, 0.25) is 0 Å². The van der Waals surface area contributed by atoms with E-state index < -0.39 is 0 Å². The number of furan rings is 1. The van der Waals surface area contributed by atoms with Crippen LogP contribution in [-0.4, -0.2) is 9.38 Å². The Bertz CT molecular complexity index is 1150. The molecule has 0 radical (unpaired) electrons. The van der Waals surface area contributed by atoms with E-state index in [1.807, 2.05) is 30.3 Å². The van der Waals surface area contributed by atoms with Crippen LogP contribution in [0.15, 0.2) is 47.1 Å². The number of aromatic nitrogens is 2. The second kappa shape index (κ2) is 5.92. The molecule has 4 aromatic rings. The highest BCUT2D eigenvalue weighted by molar-refractivity contribution is 5.86. The molecule has 0 spiro atoms. The zero-order valence-corrected chi connectivity index (χ0v) is 14.3. The predicted molar refractivity (Wildman–Crippen MR) is 100 cm³/mol. The standard InChI is InChI=1S/C21H18N4O/c22-12-17-15-7-1-2-8-16(15)20(23-13-14-6-5-11-26-14)25-19-10-4-3-9-18(19)24-21(17)25/h3-6,9-11,23H,1-2,7-8,13H2. The van der Waals surface area contributed by atoms with Gasteiger partial charge in [-0.15, -0.1) is 0 Å². The highest BCUT2D eigenvalue weighted by atomic mass is 16.3. The molecule has 0 fully saturated rings. The normalized spacial score (nSPS) is 13.7. The Hall–Kier alpha value is -3.26. The Labute approximate surface area is 150 Å². The topological polar surface area (TPSA) is 66.3 Å². The average molecular weight is 342 g/mol. The fourth-order valence-corrected chi connectivity index (χ4v) is 4.02. The van der Waals surface area contributed by atoms with Gasteiger partial charge >= 0.3 is 0 Å². The molecular weight excluding hydrogens is 324 g/mol. The number of nitriles is 1. The molecule has 0 unspecified atom stereocenters. The first-order chi connectivity index (χ1) is 12.9. The molecule has 0 saturated carbocycles. The van der Waals surface area contributed by atoms with Crippen molar-refractivity contribution in [1.82, 2.24) is 9.38 Å². The number of para-hydroxylation sites is 2. The number of hydrogen-bond donors (Lipinski definition) is 1. The van der Waals surface area contributed by atoms with Crippen LogP contribution in [0.25, 0.3) is 16.7 Å². The Morgan fingerprint density at radius 1 is 1.12 bits per heavy atom. The average Bonchev–Trinajstić information content (AvgIpc) is 3.33. The van der Waals surface area contributed by atoms with Gasteiger partial charge < -0.3 is 9.73 Å². The van der Waals surface area contributed by atoms with E-state index >= 15 is 0 Å². The van der Waals surface area contributed by atoms with Gasteiger partial charge in [-0.1, -0.05) is 12.1 Å². The Kier molecular flexibility index (Phi) is 3.42. The molecule has 1 N–H and O–H groups in total. The first kappa shape index (κ1) is 15.0. The van der Waals surface area contributed by atoms with E-state index in [-0.39, 0.29) is 0 Å². The quantitative estimate of drug-likeness (QED) is 0.597. The minimum atomic E-state index is 0.604. The SMILES string of the molecule is N#Cc1c2c(c(NCc3ccco3)n3c1nc1ccccc13)CCCC2. The number of rotatable bonds is 3. The van der Waals surface area contributed by atoms with Crippen LogP contribution in [0.3, 0.4) is 0 Å². The summed E-state index contributed by atoms with van der Waals surface area (Å²) in [6.07, 6.45) is 5.87. The second-order valence-corrected chi connectivity index (χ2v) is 6.69. The summed E-state index contributed by atoms with van der Waals surface area (Å²) in [6, 6.07) is 14.3. The van der Waals surface area contributed by atoms with Crippen molar-refractivity contribution in [2.24, 2.45) is 0 Å². The number of hydrogen-bond acceptors (Lipinski definition) is 4. The van der Waals surface area contributed by atoms with E-state index in [9.17, 15) is 5.26 Å². The third kappa shape index (κ3) is 2.19. The van der Waals surface area contributed by atoms with Crippen LogP contribution in [-0.2, 0) is 19.4 Å². The number of pyridine rings is 1. The number of anilines is 1. The molecule has 3 heterocycles. The molecule has 5 heteroatoms. The summed E-state index contributed by atoms with van der Waals surface area (Å²) in [5.41, 5.74) is 5.80. The highest BCUT2D eigenvalue weighted by Gasteiger charge is 2.24. The lowest BCUT2D eigenvalue weighted by molar-refractivity contribution is 0.517. The van der Waals surface area contributed by atoms with Crippen molar-refractivity contribution in [2.75, 3.05) is 5.32 Å². The van der Waals surface area contributed by atoms with E-state index in [4.69, 9.17) is 9.40 Å². The summed E-state index contributed by atoms with van der Waals surface area (Å²) in [5, 5.41) is 13.4. The van der Waals surface area contributed by atoms with Crippen LogP contribution in [0.5, 0.6) is 0 Å². The molecule has 0 bridgehead atoms. The highest BCUT2D eigenvalue weighted by Crippen LogP contribution is 2.35. The van der Waals surface area contributed by atoms with Gasteiger partial charge in [0, 0.05) is 0 Å². The van der Waals surface area contributed by atoms with Gasteiger partial charge in [-0.2, -0.15) is 5.26 Å². The van der Waals surface area contributed by atoms with Gasteiger partial charge in [-0.05, 0) is 61.1 Å². The van der Waals surface area contributed by atoms with Gasteiger partial charge in [0.05, 0.1) is 29.4 Å². The zero-order valence-electron chi connectivity index (χ0n) is 14.3. The minimum absolute atomic E-state index is 0.604. The summed E-state index contributed by atoms with van der Waals surface area (Å²) < 4.78 is 7.60. The molecule has 0 saturated heterocycles. The molecule has 5 nitrogen and oxygen atoms in total. The van der Waals surface area contributed by atoms with Crippen molar-refractivity contribution in [3.05, 3.63) is 65.1 Å². The first-order valence-corrected chi connectivity index (χ1v) is 8.98. The van der Waals surface area contributed by atoms with E-state index in [2.05, 4.69) is 21.9 Å². The summed E-state index contributed by atoms with van der Waals surface area (Å²) in [5.74, 6) is 1.93. The predicted octanol–water partition coefficient (Wildman–Crippen LogP) is 4.44. The lowest BCUT2D eigenvalue weighted by Crippen LogP contribution is -2.15. The van der Waals surface area contributed by atoms with Gasteiger partial charge in [-0.3, -0.25) is 4.40 Å². The van der Waals surface area contributed by atoms with Gasteiger partial charge in [0.15, 0.2) is 5.65 Å². The molecule has 0 aliphatic heterocycles. The van der Waals surface area contributed by atoms with Gasteiger partial charge in [0.1, 0.15) is 17.6 Å². The number of imidazole rings is 1. The maximum atomic E-state index is 9.85. The molecule has 26 heavy (non-hydrogen) atoms. The molecule has 0 atom stereocenters. The molecule has 0 amide bonds. The maximum Gasteiger partial charge on any atom is 0.157 e. The van der Waals surface area contributed by atoms with E-state index in [1.165, 1.54) is 5.56 Å². The molecular formula is C21H18N4O. The smallest absolute Gasteiger partial charge is 0.157 e. The molecule has 3 aromatic heterocycles. The lowest BCUT2D eigenvalue weighted by Gasteiger charge is -2.23. The van der Waals surface area contributed by atoms with Crippen LogP contribution >= 0.6 is 0 Å². The minimum Gasteiger partial charge on any atom is -0.467 e. The Balaban J connectivity index is 1.81. The first-order valence-electron chi connectivity index (χ1n) is 8.98. The fraction of sp³-hybridized carbons (Fsp3) is 0.238. The van der Waals surface area contributed by atoms with Crippen molar-refractivity contribution >= 4 is 22.5 Å². The van der Waals surface area contributed by atoms with Crippen molar-refractivity contribution in [3.63, 3.8) is 0 Å². The number of benzene rings is 1. The third-order valence-corrected chi connectivity index (χ3v) is 5.19. The largest absolute Gasteiger partial charge is 0.467 e. The van der Waals surface area contributed by atoms with Crippen molar-refractivity contribution in [1.29, 1.82) is 5.26 Å². The molecule has 1 aliphatic carbocycles. The molecule has 1 aromatic carbocycles. The molecule has 1 aliphatic rings. The summed E-state index contributed by atoms with van der Waals surface area (Å²) in [7, 11) is 0. The van der Waals surface area contributed by atoms with Crippen molar-refractivity contribution in [2.45, 2.75) is 32.2 Å². The van der Waals surface area contributed by atoms with E-state index in [0.717, 1.165) is 65.1 Å². The molecule has 128 valence electrons. The number of fused-ring (bicyclic) bond motifs is 4. The fourth-order valence-electron chi connectivity index (χ4n) is 4.02. The van der Waals surface area contributed by atoms with E-state index in [0.29, 0.717) is 6.54 Å². The van der Waals surface area contributed by atoms with Crippen LogP contribution in [0, 0.1) is 11.3 Å². The number of nitrogens with one attached hydrogen (secondary N) is 1. The van der Waals surface area contributed by atoms with Crippen LogP contribution in [0.4, 0.5) is 5.82 Å². The summed E-state index contributed by atoms with van der Waals surface area (Å²) in [4.78, 5) is 4.78. The van der Waals surface area contributed by atoms with Gasteiger partial charge in [-0.25, -0.2) is 4.98 Å². The van der Waals surface area contributed by atoms with Crippen molar-refractivity contribution in [3.8, 4) is 6.07 Å². The van der Waals surface area contributed by atoms with Crippen LogP contribution in [0.1, 0.15) is 35.3 Å². The Morgan fingerprint density at radius 2 is 1.96 bits per heavy atom. The number of nitrogens with zero attached hydrogens (tertiary/aromatic N) is 3. The summed E-state index contributed by atoms with van der Waals surface area (Å²) in [6.45, 7) is 0.604. The second-order valence-electron chi connectivity index (χ2n) is 6.69. The lowest BCUT2D eigenvalue weighted by atomic mass is 9.89. The third-order valence-electron chi connectivity index (χ3n) is 5.19. The van der Waals surface area contributed by atoms with E-state index in [1.54, 1.807) is 6.26 Å². The Morgan fingerprint density at radius 3 is 2.77 bits per heavy atom. The van der Waals surface area contributed by atoms with Gasteiger partial charge in [0.25, 0.3) is 0 Å². The van der Waals surface area contributed by atoms with Gasteiger partial charge in [0.2, 0.25) is 0 Å². The zero-order chi connectivity index (χ0) is 17.5. The van der Waals surface area contributed by atoms with Crippen molar-refractivity contribution < 1.29 is 4.42 Å². The van der Waals surface area contributed by atoms with Crippen LogP contribution < -0.4 is 5.32 Å². The maximum absolute atomic E-state index is 9.85. The molecule has 5 rings (SSSR count). The monoisotopic (exact) mass is 342 g/mol. The summed E-state index contributed by atoms with van der Waals surface area (Å²) >= 11 is 0.